The summed E-state index contributed by atoms with van der Waals surface area (Å²) in [7, 11) is 0. The lowest BCUT2D eigenvalue weighted by Gasteiger charge is -2.26. The van der Waals surface area contributed by atoms with Gasteiger partial charge in [-0.15, -0.1) is 0 Å². The Morgan fingerprint density at radius 2 is 1.65 bits per heavy atom. The molecule has 1 aromatic carbocycles. The lowest BCUT2D eigenvalue weighted by molar-refractivity contribution is -0.131. The SMILES string of the molecule is CC(C)CC(=O)N1CC2CN(CC[C@H](NC(=O)C3CCCC3)c3ccccc3)CC2C1. The van der Waals surface area contributed by atoms with Gasteiger partial charge in [-0.1, -0.05) is 57.0 Å². The number of carbonyl (C=O) groups is 2. The molecule has 5 nitrogen and oxygen atoms in total. The van der Waals surface area contributed by atoms with E-state index in [4.69, 9.17) is 0 Å². The summed E-state index contributed by atoms with van der Waals surface area (Å²) in [5.74, 6) is 2.42. The molecule has 2 amide bonds. The fraction of sp³-hybridized carbons (Fsp3) is 0.692. The van der Waals surface area contributed by atoms with Crippen LogP contribution in [-0.4, -0.2) is 54.3 Å². The molecule has 2 saturated heterocycles. The Hall–Kier alpha value is -1.88. The quantitative estimate of drug-likeness (QED) is 0.688. The van der Waals surface area contributed by atoms with Gasteiger partial charge in [-0.3, -0.25) is 9.59 Å². The second-order valence-corrected chi connectivity index (χ2v) is 10.4. The average molecular weight is 426 g/mol. The van der Waals surface area contributed by atoms with E-state index >= 15 is 0 Å². The minimum atomic E-state index is 0.0823. The highest BCUT2D eigenvalue weighted by Gasteiger charge is 2.41. The highest BCUT2D eigenvalue weighted by molar-refractivity contribution is 5.79. The van der Waals surface area contributed by atoms with Crippen molar-refractivity contribution in [1.29, 1.82) is 0 Å². The second kappa shape index (κ2) is 10.2. The fourth-order valence-corrected chi connectivity index (χ4v) is 5.75. The third-order valence-corrected chi connectivity index (χ3v) is 7.48. The van der Waals surface area contributed by atoms with E-state index in [1.54, 1.807) is 0 Å². The number of carbonyl (C=O) groups excluding carboxylic acids is 2. The molecular weight excluding hydrogens is 386 g/mol. The summed E-state index contributed by atoms with van der Waals surface area (Å²) in [5.41, 5.74) is 1.21. The lowest BCUT2D eigenvalue weighted by Crippen LogP contribution is -2.36. The summed E-state index contributed by atoms with van der Waals surface area (Å²) in [6.45, 7) is 9.23. The molecule has 0 radical (unpaired) electrons. The van der Waals surface area contributed by atoms with Crippen LogP contribution in [0.5, 0.6) is 0 Å². The van der Waals surface area contributed by atoms with Crippen molar-refractivity contribution in [2.75, 3.05) is 32.7 Å². The minimum Gasteiger partial charge on any atom is -0.349 e. The van der Waals surface area contributed by atoms with Gasteiger partial charge in [-0.05, 0) is 42.6 Å². The van der Waals surface area contributed by atoms with Gasteiger partial charge < -0.3 is 15.1 Å². The van der Waals surface area contributed by atoms with E-state index < -0.39 is 0 Å². The predicted molar refractivity (Wildman–Crippen MR) is 123 cm³/mol. The van der Waals surface area contributed by atoms with E-state index in [1.807, 2.05) is 6.07 Å². The lowest BCUT2D eigenvalue weighted by atomic mass is 10.0. The van der Waals surface area contributed by atoms with Crippen molar-refractivity contribution in [1.82, 2.24) is 15.1 Å². The highest BCUT2D eigenvalue weighted by Crippen LogP contribution is 2.33. The average Bonchev–Trinajstić information content (AvgIpc) is 3.47. The van der Waals surface area contributed by atoms with Crippen LogP contribution in [0.1, 0.15) is 64.0 Å². The summed E-state index contributed by atoms with van der Waals surface area (Å²) in [6, 6.07) is 10.5. The van der Waals surface area contributed by atoms with E-state index in [-0.39, 0.29) is 17.9 Å². The first-order valence-corrected chi connectivity index (χ1v) is 12.3. The van der Waals surface area contributed by atoms with Gasteiger partial charge in [0.15, 0.2) is 0 Å². The molecule has 0 aromatic heterocycles. The maximum atomic E-state index is 12.8. The fourth-order valence-electron chi connectivity index (χ4n) is 5.75. The van der Waals surface area contributed by atoms with Crippen molar-refractivity contribution in [3.8, 4) is 0 Å². The molecule has 2 aliphatic heterocycles. The highest BCUT2D eigenvalue weighted by atomic mass is 16.2. The summed E-state index contributed by atoms with van der Waals surface area (Å²) in [5, 5.41) is 3.37. The molecule has 170 valence electrons. The summed E-state index contributed by atoms with van der Waals surface area (Å²) in [4.78, 5) is 29.9. The van der Waals surface area contributed by atoms with Crippen LogP contribution in [0.25, 0.3) is 0 Å². The summed E-state index contributed by atoms with van der Waals surface area (Å²) < 4.78 is 0. The summed E-state index contributed by atoms with van der Waals surface area (Å²) >= 11 is 0. The monoisotopic (exact) mass is 425 g/mol. The van der Waals surface area contributed by atoms with Crippen LogP contribution in [0, 0.1) is 23.7 Å². The molecular formula is C26H39N3O2. The molecule has 3 fully saturated rings. The predicted octanol–water partition coefficient (Wildman–Crippen LogP) is 3.86. The minimum absolute atomic E-state index is 0.0823. The molecule has 5 heteroatoms. The largest absolute Gasteiger partial charge is 0.349 e. The number of hydrogen-bond donors (Lipinski definition) is 1. The normalized spacial score (nSPS) is 25.2. The molecule has 1 N–H and O–H groups in total. The van der Waals surface area contributed by atoms with Crippen molar-refractivity contribution >= 4 is 11.8 Å². The topological polar surface area (TPSA) is 52.7 Å². The van der Waals surface area contributed by atoms with E-state index in [0.29, 0.717) is 30.1 Å². The molecule has 1 aliphatic carbocycles. The molecule has 3 aliphatic rings. The Labute approximate surface area is 187 Å². The van der Waals surface area contributed by atoms with E-state index in [2.05, 4.69) is 53.2 Å². The van der Waals surface area contributed by atoms with Gasteiger partial charge in [0, 0.05) is 45.1 Å². The van der Waals surface area contributed by atoms with Gasteiger partial charge in [0.05, 0.1) is 6.04 Å². The Kier molecular flexibility index (Phi) is 7.31. The van der Waals surface area contributed by atoms with Crippen molar-refractivity contribution in [2.45, 2.75) is 58.4 Å². The van der Waals surface area contributed by atoms with Gasteiger partial charge in [0.1, 0.15) is 0 Å². The van der Waals surface area contributed by atoms with Crippen LogP contribution >= 0.6 is 0 Å². The third-order valence-electron chi connectivity index (χ3n) is 7.48. The smallest absolute Gasteiger partial charge is 0.223 e. The Bertz CT molecular complexity index is 730. The Balaban J connectivity index is 1.29. The van der Waals surface area contributed by atoms with Crippen LogP contribution in [0.2, 0.25) is 0 Å². The maximum Gasteiger partial charge on any atom is 0.223 e. The zero-order valence-electron chi connectivity index (χ0n) is 19.3. The van der Waals surface area contributed by atoms with E-state index in [9.17, 15) is 9.59 Å². The molecule has 4 rings (SSSR count). The number of likely N-dealkylation sites (tertiary alicyclic amines) is 2. The zero-order valence-corrected chi connectivity index (χ0v) is 19.3. The molecule has 3 atom stereocenters. The van der Waals surface area contributed by atoms with Crippen molar-refractivity contribution in [3.05, 3.63) is 35.9 Å². The first-order valence-electron chi connectivity index (χ1n) is 12.3. The standard InChI is InChI=1S/C26H39N3O2/c1-19(2)14-25(30)29-17-22-15-28(16-23(22)18-29)13-12-24(20-8-4-3-5-9-20)27-26(31)21-10-6-7-11-21/h3-5,8-9,19,21-24H,6-7,10-18H2,1-2H3,(H,27,31)/t22?,23?,24-/m0/s1. The maximum absolute atomic E-state index is 12.8. The molecule has 1 aromatic rings. The van der Waals surface area contributed by atoms with Gasteiger partial charge in [0.2, 0.25) is 11.8 Å². The summed E-state index contributed by atoms with van der Waals surface area (Å²) in [6.07, 6.45) is 6.05. The van der Waals surface area contributed by atoms with Gasteiger partial charge >= 0.3 is 0 Å². The van der Waals surface area contributed by atoms with Crippen LogP contribution in [-0.2, 0) is 9.59 Å². The van der Waals surface area contributed by atoms with E-state index in [0.717, 1.165) is 52.0 Å². The van der Waals surface area contributed by atoms with E-state index in [1.165, 1.54) is 18.4 Å². The van der Waals surface area contributed by atoms with Gasteiger partial charge in [-0.25, -0.2) is 0 Å². The molecule has 2 heterocycles. The number of benzene rings is 1. The van der Waals surface area contributed by atoms with Gasteiger partial charge in [0.25, 0.3) is 0 Å². The Morgan fingerprint density at radius 3 is 2.26 bits per heavy atom. The number of rotatable bonds is 8. The molecule has 0 spiro atoms. The second-order valence-electron chi connectivity index (χ2n) is 10.4. The molecule has 2 unspecified atom stereocenters. The first-order chi connectivity index (χ1) is 15.0. The number of nitrogens with one attached hydrogen (secondary N) is 1. The number of amides is 2. The first kappa shape index (κ1) is 22.3. The van der Waals surface area contributed by atoms with Crippen molar-refractivity contribution < 1.29 is 9.59 Å². The molecule has 1 saturated carbocycles. The number of nitrogens with zero attached hydrogens (tertiary/aromatic N) is 2. The van der Waals surface area contributed by atoms with Crippen LogP contribution in [0.15, 0.2) is 30.3 Å². The molecule has 0 bridgehead atoms. The van der Waals surface area contributed by atoms with Crippen LogP contribution in [0.3, 0.4) is 0 Å². The molecule has 31 heavy (non-hydrogen) atoms. The third kappa shape index (κ3) is 5.68. The van der Waals surface area contributed by atoms with Crippen LogP contribution in [0.4, 0.5) is 0 Å². The van der Waals surface area contributed by atoms with Gasteiger partial charge in [-0.2, -0.15) is 0 Å². The van der Waals surface area contributed by atoms with Crippen molar-refractivity contribution in [3.63, 3.8) is 0 Å². The Morgan fingerprint density at radius 1 is 1.00 bits per heavy atom. The van der Waals surface area contributed by atoms with Crippen molar-refractivity contribution in [2.24, 2.45) is 23.7 Å². The zero-order chi connectivity index (χ0) is 21.8. The number of hydrogen-bond acceptors (Lipinski definition) is 3. The van der Waals surface area contributed by atoms with Crippen LogP contribution < -0.4 is 5.32 Å². The number of fused-ring (bicyclic) bond motifs is 1.